The summed E-state index contributed by atoms with van der Waals surface area (Å²) >= 11 is 1.68. The van der Waals surface area contributed by atoms with E-state index < -0.39 is 0 Å². The number of benzene rings is 1. The molecule has 1 aromatic carbocycles. The molecule has 1 N–H and O–H groups in total. The Morgan fingerprint density at radius 1 is 1.17 bits per heavy atom. The first-order valence-electron chi connectivity index (χ1n) is 9.92. The summed E-state index contributed by atoms with van der Waals surface area (Å²) in [5, 5.41) is 6.45. The van der Waals surface area contributed by atoms with Crippen molar-refractivity contribution in [3.05, 3.63) is 64.2 Å². The molecular weight excluding hydrogens is 398 g/mol. The Kier molecular flexibility index (Phi) is 6.25. The maximum absolute atomic E-state index is 13.2. The van der Waals surface area contributed by atoms with Crippen molar-refractivity contribution in [3.63, 3.8) is 0 Å². The standard InChI is InChI=1S/C22H25N5O2S/c1-16-24-17(15-30-16)14-26-10-12-27(13-11-26)22(28)18-6-5-9-23-21(18)25-19-7-3-4-8-20(19)29-2/h3-9,15H,10-14H2,1-2H3,(H,23,25). The molecule has 0 atom stereocenters. The van der Waals surface area contributed by atoms with Crippen LogP contribution in [-0.2, 0) is 6.54 Å². The van der Waals surface area contributed by atoms with Crippen LogP contribution in [0.15, 0.2) is 48.0 Å². The largest absolute Gasteiger partial charge is 0.495 e. The molecule has 1 aliphatic rings. The molecule has 1 saturated heterocycles. The third-order valence-corrected chi connectivity index (χ3v) is 5.93. The second-order valence-electron chi connectivity index (χ2n) is 7.15. The van der Waals surface area contributed by atoms with Gasteiger partial charge in [0.2, 0.25) is 0 Å². The highest BCUT2D eigenvalue weighted by molar-refractivity contribution is 7.09. The van der Waals surface area contributed by atoms with Gasteiger partial charge in [-0.25, -0.2) is 9.97 Å². The van der Waals surface area contributed by atoms with Crippen molar-refractivity contribution in [2.45, 2.75) is 13.5 Å². The number of para-hydroxylation sites is 2. The van der Waals surface area contributed by atoms with Crippen molar-refractivity contribution in [3.8, 4) is 5.75 Å². The number of amides is 1. The number of hydrogen-bond donors (Lipinski definition) is 1. The molecule has 0 saturated carbocycles. The Bertz CT molecular complexity index is 1010. The highest BCUT2D eigenvalue weighted by Crippen LogP contribution is 2.28. The van der Waals surface area contributed by atoms with E-state index in [0.717, 1.165) is 36.0 Å². The van der Waals surface area contributed by atoms with Crippen molar-refractivity contribution >= 4 is 28.7 Å². The van der Waals surface area contributed by atoms with Crippen LogP contribution in [-0.4, -0.2) is 59.0 Å². The van der Waals surface area contributed by atoms with Gasteiger partial charge >= 0.3 is 0 Å². The number of pyridine rings is 1. The second-order valence-corrected chi connectivity index (χ2v) is 8.21. The van der Waals surface area contributed by atoms with E-state index in [2.05, 4.69) is 25.6 Å². The van der Waals surface area contributed by atoms with Crippen LogP contribution in [0.4, 0.5) is 11.5 Å². The van der Waals surface area contributed by atoms with Crippen LogP contribution in [0.25, 0.3) is 0 Å². The van der Waals surface area contributed by atoms with E-state index in [1.807, 2.05) is 42.2 Å². The zero-order valence-corrected chi connectivity index (χ0v) is 18.0. The summed E-state index contributed by atoms with van der Waals surface area (Å²) in [6.45, 7) is 5.89. The smallest absolute Gasteiger partial charge is 0.257 e. The third-order valence-electron chi connectivity index (χ3n) is 5.11. The van der Waals surface area contributed by atoms with Crippen LogP contribution in [0.2, 0.25) is 0 Å². The van der Waals surface area contributed by atoms with E-state index in [9.17, 15) is 4.79 Å². The van der Waals surface area contributed by atoms with Crippen molar-refractivity contribution in [2.75, 3.05) is 38.6 Å². The molecule has 8 heteroatoms. The fourth-order valence-corrected chi connectivity index (χ4v) is 4.15. The molecule has 2 aromatic heterocycles. The second kappa shape index (κ2) is 9.23. The highest BCUT2D eigenvalue weighted by atomic mass is 32.1. The number of carbonyl (C=O) groups is 1. The van der Waals surface area contributed by atoms with Gasteiger partial charge in [-0.05, 0) is 31.2 Å². The molecule has 0 unspecified atom stereocenters. The van der Waals surface area contributed by atoms with E-state index in [4.69, 9.17) is 4.74 Å². The molecule has 0 bridgehead atoms. The molecule has 156 valence electrons. The van der Waals surface area contributed by atoms with Gasteiger partial charge in [-0.2, -0.15) is 0 Å². The minimum absolute atomic E-state index is 0.00958. The molecule has 3 aromatic rings. The number of aromatic nitrogens is 2. The Hall–Kier alpha value is -2.97. The first kappa shape index (κ1) is 20.3. The number of anilines is 2. The third kappa shape index (κ3) is 4.60. The average Bonchev–Trinajstić information content (AvgIpc) is 3.19. The quantitative estimate of drug-likeness (QED) is 0.654. The Morgan fingerprint density at radius 3 is 2.70 bits per heavy atom. The van der Waals surface area contributed by atoms with Gasteiger partial charge < -0.3 is 15.0 Å². The average molecular weight is 424 g/mol. The number of aryl methyl sites for hydroxylation is 1. The van der Waals surface area contributed by atoms with E-state index in [-0.39, 0.29) is 5.91 Å². The summed E-state index contributed by atoms with van der Waals surface area (Å²) in [7, 11) is 1.62. The molecule has 0 spiro atoms. The zero-order valence-electron chi connectivity index (χ0n) is 17.2. The lowest BCUT2D eigenvalue weighted by Gasteiger charge is -2.34. The minimum atomic E-state index is -0.00958. The van der Waals surface area contributed by atoms with Gasteiger partial charge in [0, 0.05) is 44.3 Å². The van der Waals surface area contributed by atoms with Gasteiger partial charge in [0.1, 0.15) is 11.6 Å². The fraction of sp³-hybridized carbons (Fsp3) is 0.318. The lowest BCUT2D eigenvalue weighted by Crippen LogP contribution is -2.48. The molecule has 4 rings (SSSR count). The summed E-state index contributed by atoms with van der Waals surface area (Å²) < 4.78 is 5.40. The van der Waals surface area contributed by atoms with Crippen LogP contribution in [0.3, 0.4) is 0 Å². The highest BCUT2D eigenvalue weighted by Gasteiger charge is 2.25. The molecular formula is C22H25N5O2S. The molecule has 30 heavy (non-hydrogen) atoms. The number of piperazine rings is 1. The molecule has 0 aliphatic carbocycles. The van der Waals surface area contributed by atoms with E-state index in [1.54, 1.807) is 30.7 Å². The number of hydrogen-bond acceptors (Lipinski definition) is 7. The Morgan fingerprint density at radius 2 is 1.97 bits per heavy atom. The normalized spacial score (nSPS) is 14.5. The number of thiazole rings is 1. The predicted molar refractivity (Wildman–Crippen MR) is 119 cm³/mol. The zero-order chi connectivity index (χ0) is 20.9. The van der Waals surface area contributed by atoms with Gasteiger partial charge in [-0.1, -0.05) is 12.1 Å². The topological polar surface area (TPSA) is 70.6 Å². The van der Waals surface area contributed by atoms with E-state index in [0.29, 0.717) is 30.2 Å². The van der Waals surface area contributed by atoms with Crippen molar-refractivity contribution in [1.82, 2.24) is 19.8 Å². The summed E-state index contributed by atoms with van der Waals surface area (Å²) in [4.78, 5) is 26.4. The molecule has 3 heterocycles. The van der Waals surface area contributed by atoms with Crippen LogP contribution in [0.5, 0.6) is 5.75 Å². The first-order chi connectivity index (χ1) is 14.6. The van der Waals surface area contributed by atoms with Gasteiger partial charge in [0.25, 0.3) is 5.91 Å². The number of methoxy groups -OCH3 is 1. The lowest BCUT2D eigenvalue weighted by atomic mass is 10.2. The summed E-state index contributed by atoms with van der Waals surface area (Å²) in [6.07, 6.45) is 1.68. The number of nitrogens with zero attached hydrogens (tertiary/aromatic N) is 4. The van der Waals surface area contributed by atoms with Gasteiger partial charge in [0.05, 0.1) is 29.1 Å². The van der Waals surface area contributed by atoms with Crippen molar-refractivity contribution in [1.29, 1.82) is 0 Å². The Balaban J connectivity index is 1.43. The van der Waals surface area contributed by atoms with E-state index >= 15 is 0 Å². The minimum Gasteiger partial charge on any atom is -0.495 e. The monoisotopic (exact) mass is 423 g/mol. The van der Waals surface area contributed by atoms with Gasteiger partial charge in [-0.15, -0.1) is 11.3 Å². The van der Waals surface area contributed by atoms with Crippen molar-refractivity contribution in [2.24, 2.45) is 0 Å². The number of carbonyl (C=O) groups excluding carboxylic acids is 1. The number of nitrogens with one attached hydrogen (secondary N) is 1. The molecule has 1 fully saturated rings. The SMILES string of the molecule is COc1ccccc1Nc1ncccc1C(=O)N1CCN(Cc2csc(C)n2)CC1. The molecule has 1 amide bonds. The van der Waals surface area contributed by atoms with Crippen LogP contribution < -0.4 is 10.1 Å². The fourth-order valence-electron chi connectivity index (χ4n) is 3.54. The van der Waals surface area contributed by atoms with Crippen molar-refractivity contribution < 1.29 is 9.53 Å². The first-order valence-corrected chi connectivity index (χ1v) is 10.8. The summed E-state index contributed by atoms with van der Waals surface area (Å²) in [5.74, 6) is 1.23. The number of ether oxygens (including phenoxy) is 1. The molecule has 0 radical (unpaired) electrons. The summed E-state index contributed by atoms with van der Waals surface area (Å²) in [5.41, 5.74) is 2.44. The Labute approximate surface area is 180 Å². The molecule has 7 nitrogen and oxygen atoms in total. The van der Waals surface area contributed by atoms with Crippen LogP contribution >= 0.6 is 11.3 Å². The van der Waals surface area contributed by atoms with E-state index in [1.165, 1.54) is 0 Å². The lowest BCUT2D eigenvalue weighted by molar-refractivity contribution is 0.0628. The van der Waals surface area contributed by atoms with Crippen LogP contribution in [0, 0.1) is 6.92 Å². The maximum atomic E-state index is 13.2. The number of rotatable bonds is 6. The predicted octanol–water partition coefficient (Wildman–Crippen LogP) is 3.56. The van der Waals surface area contributed by atoms with Crippen LogP contribution in [0.1, 0.15) is 21.1 Å². The summed E-state index contributed by atoms with van der Waals surface area (Å²) in [6, 6.07) is 11.2. The van der Waals surface area contributed by atoms with Gasteiger partial charge in [-0.3, -0.25) is 9.69 Å². The van der Waals surface area contributed by atoms with Gasteiger partial charge in [0.15, 0.2) is 0 Å². The maximum Gasteiger partial charge on any atom is 0.257 e. The molecule has 1 aliphatic heterocycles.